The molecular weight excluding hydrogens is 263 g/mol. The lowest BCUT2D eigenvalue weighted by Crippen LogP contribution is -2.07. The quantitative estimate of drug-likeness (QED) is 0.839. The molecule has 0 aromatic heterocycles. The van der Waals surface area contributed by atoms with Crippen molar-refractivity contribution >= 4 is 5.69 Å². The van der Waals surface area contributed by atoms with Crippen molar-refractivity contribution in [1.82, 2.24) is 0 Å². The van der Waals surface area contributed by atoms with Crippen LogP contribution in [0.2, 0.25) is 0 Å². The highest BCUT2D eigenvalue weighted by Crippen LogP contribution is 2.30. The maximum absolute atomic E-state index is 12.6. The predicted molar refractivity (Wildman–Crippen MR) is 74.7 cm³/mol. The minimum absolute atomic E-state index is 0.473. The van der Waals surface area contributed by atoms with Crippen molar-refractivity contribution in [2.45, 2.75) is 26.6 Å². The molecule has 20 heavy (non-hydrogen) atoms. The van der Waals surface area contributed by atoms with Gasteiger partial charge in [-0.25, -0.2) is 0 Å². The first-order valence-electron chi connectivity index (χ1n) is 6.33. The number of benzene rings is 2. The van der Waals surface area contributed by atoms with Gasteiger partial charge in [-0.05, 0) is 43.2 Å². The first-order valence-corrected chi connectivity index (χ1v) is 6.33. The topological polar surface area (TPSA) is 12.0 Å². The highest BCUT2D eigenvalue weighted by Gasteiger charge is 2.30. The van der Waals surface area contributed by atoms with Crippen LogP contribution in [0.4, 0.5) is 18.9 Å². The molecule has 0 atom stereocenters. The average Bonchev–Trinajstić information content (AvgIpc) is 2.39. The molecule has 0 saturated heterocycles. The summed E-state index contributed by atoms with van der Waals surface area (Å²) in [6.45, 7) is 4.49. The lowest BCUT2D eigenvalue weighted by molar-refractivity contribution is -0.137. The summed E-state index contributed by atoms with van der Waals surface area (Å²) >= 11 is 0. The van der Waals surface area contributed by atoms with Crippen molar-refractivity contribution in [2.24, 2.45) is 0 Å². The predicted octanol–water partition coefficient (Wildman–Crippen LogP) is 4.93. The van der Waals surface area contributed by atoms with E-state index in [1.165, 1.54) is 6.07 Å². The largest absolute Gasteiger partial charge is 0.416 e. The van der Waals surface area contributed by atoms with E-state index >= 15 is 0 Å². The molecule has 2 aromatic rings. The zero-order valence-electron chi connectivity index (χ0n) is 11.4. The second-order valence-electron chi connectivity index (χ2n) is 4.86. The van der Waals surface area contributed by atoms with Crippen LogP contribution in [0.15, 0.2) is 42.5 Å². The van der Waals surface area contributed by atoms with Crippen LogP contribution >= 0.6 is 0 Å². The smallest absolute Gasteiger partial charge is 0.381 e. The van der Waals surface area contributed by atoms with E-state index in [-0.39, 0.29) is 0 Å². The highest BCUT2D eigenvalue weighted by atomic mass is 19.4. The zero-order chi connectivity index (χ0) is 14.8. The molecule has 1 nitrogen and oxygen atoms in total. The molecule has 1 N–H and O–H groups in total. The Morgan fingerprint density at radius 2 is 1.75 bits per heavy atom. The van der Waals surface area contributed by atoms with Crippen LogP contribution in [-0.2, 0) is 12.7 Å². The van der Waals surface area contributed by atoms with Gasteiger partial charge in [0, 0.05) is 12.2 Å². The van der Waals surface area contributed by atoms with Gasteiger partial charge >= 0.3 is 6.18 Å². The third-order valence-electron chi connectivity index (χ3n) is 3.18. The van der Waals surface area contributed by atoms with E-state index in [1.54, 1.807) is 6.07 Å². The number of nitrogens with one attached hydrogen (secondary N) is 1. The van der Waals surface area contributed by atoms with Gasteiger partial charge in [0.1, 0.15) is 0 Å². The molecule has 0 amide bonds. The standard InChI is InChI=1S/C16H16F3N/c1-11-6-7-12(2)13(8-11)10-20-15-5-3-4-14(9-15)16(17,18)19/h3-9,20H,10H2,1-2H3. The summed E-state index contributed by atoms with van der Waals surface area (Å²) in [4.78, 5) is 0. The molecule has 0 heterocycles. The number of rotatable bonds is 3. The van der Waals surface area contributed by atoms with Gasteiger partial charge in [-0.15, -0.1) is 0 Å². The van der Waals surface area contributed by atoms with Crippen molar-refractivity contribution < 1.29 is 13.2 Å². The molecule has 0 unspecified atom stereocenters. The molecule has 0 aliphatic carbocycles. The fraction of sp³-hybridized carbons (Fsp3) is 0.250. The lowest BCUT2D eigenvalue weighted by atomic mass is 10.1. The summed E-state index contributed by atoms with van der Waals surface area (Å²) in [5.41, 5.74) is 3.18. The normalized spacial score (nSPS) is 11.4. The van der Waals surface area contributed by atoms with Gasteiger partial charge in [-0.2, -0.15) is 13.2 Å². The van der Waals surface area contributed by atoms with Gasteiger partial charge in [-0.1, -0.05) is 29.8 Å². The Hall–Kier alpha value is -1.97. The van der Waals surface area contributed by atoms with Gasteiger partial charge in [0.25, 0.3) is 0 Å². The third kappa shape index (κ3) is 3.53. The van der Waals surface area contributed by atoms with Crippen LogP contribution in [0.3, 0.4) is 0 Å². The molecule has 2 aromatic carbocycles. The number of hydrogen-bond donors (Lipinski definition) is 1. The van der Waals surface area contributed by atoms with Gasteiger partial charge in [-0.3, -0.25) is 0 Å². The van der Waals surface area contributed by atoms with Crippen LogP contribution in [0.1, 0.15) is 22.3 Å². The second-order valence-corrected chi connectivity index (χ2v) is 4.86. The summed E-state index contributed by atoms with van der Waals surface area (Å²) in [5, 5.41) is 3.04. The van der Waals surface area contributed by atoms with Gasteiger partial charge in [0.15, 0.2) is 0 Å². The third-order valence-corrected chi connectivity index (χ3v) is 3.18. The summed E-state index contributed by atoms with van der Waals surface area (Å²) in [5.74, 6) is 0. The van der Waals surface area contributed by atoms with E-state index in [4.69, 9.17) is 0 Å². The number of alkyl halides is 3. The van der Waals surface area contributed by atoms with Crippen LogP contribution in [0, 0.1) is 13.8 Å². The molecule has 0 saturated carbocycles. The SMILES string of the molecule is Cc1ccc(C)c(CNc2cccc(C(F)(F)F)c2)c1. The van der Waals surface area contributed by atoms with E-state index < -0.39 is 11.7 Å². The number of anilines is 1. The van der Waals surface area contributed by atoms with Gasteiger partial charge in [0.2, 0.25) is 0 Å². The van der Waals surface area contributed by atoms with Gasteiger partial charge < -0.3 is 5.32 Å². The molecule has 4 heteroatoms. The summed E-state index contributed by atoms with van der Waals surface area (Å²) in [7, 11) is 0. The summed E-state index contributed by atoms with van der Waals surface area (Å²) in [6.07, 6.45) is -4.31. The molecule has 0 fully saturated rings. The Bertz CT molecular complexity index is 603. The Morgan fingerprint density at radius 1 is 1.00 bits per heavy atom. The number of hydrogen-bond acceptors (Lipinski definition) is 1. The first kappa shape index (κ1) is 14.4. The average molecular weight is 279 g/mol. The summed E-state index contributed by atoms with van der Waals surface area (Å²) in [6, 6.07) is 11.3. The second kappa shape index (κ2) is 5.57. The van der Waals surface area contributed by atoms with E-state index in [2.05, 4.69) is 5.32 Å². The van der Waals surface area contributed by atoms with Crippen molar-refractivity contribution in [3.05, 3.63) is 64.7 Å². The van der Waals surface area contributed by atoms with Crippen molar-refractivity contribution in [1.29, 1.82) is 0 Å². The molecule has 106 valence electrons. The maximum Gasteiger partial charge on any atom is 0.416 e. The Balaban J connectivity index is 2.13. The first-order chi connectivity index (χ1) is 9.36. The van der Waals surface area contributed by atoms with Crippen molar-refractivity contribution in [3.8, 4) is 0 Å². The fourth-order valence-electron chi connectivity index (χ4n) is 1.99. The minimum atomic E-state index is -4.31. The summed E-state index contributed by atoms with van der Waals surface area (Å²) < 4.78 is 37.9. The maximum atomic E-state index is 12.6. The highest BCUT2D eigenvalue weighted by molar-refractivity contribution is 5.47. The fourth-order valence-corrected chi connectivity index (χ4v) is 1.99. The zero-order valence-corrected chi connectivity index (χ0v) is 11.4. The van der Waals surface area contributed by atoms with Crippen LogP contribution < -0.4 is 5.32 Å². The Kier molecular flexibility index (Phi) is 4.02. The lowest BCUT2D eigenvalue weighted by Gasteiger charge is -2.12. The van der Waals surface area contributed by atoms with Crippen LogP contribution in [0.25, 0.3) is 0 Å². The molecule has 0 bridgehead atoms. The minimum Gasteiger partial charge on any atom is -0.381 e. The van der Waals surface area contributed by atoms with Gasteiger partial charge in [0.05, 0.1) is 5.56 Å². The molecule has 0 aliphatic heterocycles. The van der Waals surface area contributed by atoms with E-state index in [1.807, 2.05) is 32.0 Å². The Labute approximate surface area is 116 Å². The Morgan fingerprint density at radius 3 is 2.45 bits per heavy atom. The molecule has 0 aliphatic rings. The molecule has 0 radical (unpaired) electrons. The monoisotopic (exact) mass is 279 g/mol. The molecular formula is C16H16F3N. The number of halogens is 3. The molecule has 0 spiro atoms. The van der Waals surface area contributed by atoms with Crippen LogP contribution in [0.5, 0.6) is 0 Å². The van der Waals surface area contributed by atoms with E-state index in [0.717, 1.165) is 28.8 Å². The van der Waals surface area contributed by atoms with Crippen molar-refractivity contribution in [2.75, 3.05) is 5.32 Å². The number of aryl methyl sites for hydroxylation is 2. The van der Waals surface area contributed by atoms with Crippen LogP contribution in [-0.4, -0.2) is 0 Å². The van der Waals surface area contributed by atoms with E-state index in [0.29, 0.717) is 12.2 Å². The molecule has 2 rings (SSSR count). The van der Waals surface area contributed by atoms with Crippen molar-refractivity contribution in [3.63, 3.8) is 0 Å². The van der Waals surface area contributed by atoms with E-state index in [9.17, 15) is 13.2 Å².